The molecule has 0 bridgehead atoms. The van der Waals surface area contributed by atoms with E-state index in [1.54, 1.807) is 24.3 Å². The minimum absolute atomic E-state index is 0.00578. The number of likely N-dealkylation sites (N-methyl/N-ethyl adjacent to an activating group) is 1. The van der Waals surface area contributed by atoms with Gasteiger partial charge in [0, 0.05) is 33.7 Å². The van der Waals surface area contributed by atoms with Crippen LogP contribution in [0.4, 0.5) is 0 Å². The van der Waals surface area contributed by atoms with Gasteiger partial charge in [-0.05, 0) is 25.0 Å². The number of nitrogens with two attached hydrogens (primary N) is 1. The first-order chi connectivity index (χ1) is 16.7. The molecule has 0 fully saturated rings. The zero-order valence-corrected chi connectivity index (χ0v) is 20.0. The molecule has 192 valence electrons. The number of hydrogen-bond acceptors (Lipinski definition) is 7. The van der Waals surface area contributed by atoms with E-state index in [0.717, 1.165) is 0 Å². The fourth-order valence-corrected chi connectivity index (χ4v) is 3.43. The molecule has 1 heterocycles. The van der Waals surface area contributed by atoms with Gasteiger partial charge in [-0.3, -0.25) is 24.0 Å². The van der Waals surface area contributed by atoms with Crippen molar-refractivity contribution in [2.45, 2.75) is 37.8 Å². The molecule has 12 nitrogen and oxygen atoms in total. The van der Waals surface area contributed by atoms with Crippen LogP contribution in [0.25, 0.3) is 0 Å². The van der Waals surface area contributed by atoms with Gasteiger partial charge in [0.25, 0.3) is 5.91 Å². The van der Waals surface area contributed by atoms with Gasteiger partial charge in [0.1, 0.15) is 24.4 Å². The predicted octanol–water partition coefficient (Wildman–Crippen LogP) is -1.07. The van der Waals surface area contributed by atoms with Gasteiger partial charge in [-0.25, -0.2) is 0 Å². The quantitative estimate of drug-likeness (QED) is 0.336. The number of methoxy groups -OCH3 is 1. The lowest BCUT2D eigenvalue weighted by Gasteiger charge is -2.26. The summed E-state index contributed by atoms with van der Waals surface area (Å²) in [4.78, 5) is 64.2. The van der Waals surface area contributed by atoms with E-state index >= 15 is 0 Å². The van der Waals surface area contributed by atoms with Crippen LogP contribution in [0.15, 0.2) is 24.3 Å². The molecule has 1 aromatic rings. The molecule has 0 saturated carbocycles. The van der Waals surface area contributed by atoms with Gasteiger partial charge in [0.15, 0.2) is 0 Å². The Morgan fingerprint density at radius 3 is 2.69 bits per heavy atom. The van der Waals surface area contributed by atoms with Crippen molar-refractivity contribution in [1.29, 1.82) is 0 Å². The number of hydrogen-bond donors (Lipinski definition) is 4. The first kappa shape index (κ1) is 27.6. The fraction of sp³-hybridized carbons (Fsp3) is 0.522. The predicted molar refractivity (Wildman–Crippen MR) is 125 cm³/mol. The smallest absolute Gasteiger partial charge is 0.255 e. The lowest BCUT2D eigenvalue weighted by molar-refractivity contribution is -0.136. The largest absolute Gasteiger partial charge is 0.491 e. The number of carbonyl (C=O) groups is 5. The Kier molecular flexibility index (Phi) is 10.9. The van der Waals surface area contributed by atoms with Crippen molar-refractivity contribution in [2.75, 3.05) is 40.5 Å². The summed E-state index contributed by atoms with van der Waals surface area (Å²) in [5.74, 6) is -2.56. The number of benzene rings is 1. The molecular formula is C23H33N5O7. The minimum Gasteiger partial charge on any atom is -0.491 e. The van der Waals surface area contributed by atoms with E-state index in [9.17, 15) is 24.0 Å². The van der Waals surface area contributed by atoms with E-state index in [1.807, 2.05) is 0 Å². The summed E-state index contributed by atoms with van der Waals surface area (Å²) < 4.78 is 10.7. The molecule has 0 unspecified atom stereocenters. The Bertz CT molecular complexity index is 923. The third-order valence-corrected chi connectivity index (χ3v) is 5.34. The summed E-state index contributed by atoms with van der Waals surface area (Å²) in [6.07, 6.45) is -0.000521. The molecule has 2 atom stereocenters. The van der Waals surface area contributed by atoms with Crippen molar-refractivity contribution in [2.24, 2.45) is 5.73 Å². The van der Waals surface area contributed by atoms with Crippen LogP contribution in [0.2, 0.25) is 0 Å². The first-order valence-electron chi connectivity index (χ1n) is 11.3. The van der Waals surface area contributed by atoms with Crippen molar-refractivity contribution in [1.82, 2.24) is 20.9 Å². The number of para-hydroxylation sites is 1. The second kappa shape index (κ2) is 13.9. The zero-order chi connectivity index (χ0) is 25.8. The van der Waals surface area contributed by atoms with Crippen LogP contribution in [0.5, 0.6) is 5.75 Å². The number of amides is 5. The molecule has 0 spiro atoms. The van der Waals surface area contributed by atoms with E-state index < -0.39 is 48.0 Å². The van der Waals surface area contributed by atoms with Crippen LogP contribution in [-0.4, -0.2) is 87.0 Å². The number of ether oxygens (including phenoxy) is 2. The summed E-state index contributed by atoms with van der Waals surface area (Å²) >= 11 is 0. The van der Waals surface area contributed by atoms with Crippen molar-refractivity contribution >= 4 is 29.5 Å². The van der Waals surface area contributed by atoms with E-state index in [1.165, 1.54) is 19.1 Å². The Morgan fingerprint density at radius 1 is 1.23 bits per heavy atom. The van der Waals surface area contributed by atoms with Crippen LogP contribution in [0.3, 0.4) is 0 Å². The molecular weight excluding hydrogens is 458 g/mol. The van der Waals surface area contributed by atoms with Gasteiger partial charge in [0.05, 0.1) is 18.5 Å². The monoisotopic (exact) mass is 491 g/mol. The Balaban J connectivity index is 2.30. The number of fused-ring (bicyclic) bond motifs is 1. The van der Waals surface area contributed by atoms with Crippen LogP contribution in [0, 0.1) is 0 Å². The van der Waals surface area contributed by atoms with E-state index in [2.05, 4.69) is 16.0 Å². The highest BCUT2D eigenvalue weighted by Gasteiger charge is 2.29. The molecule has 1 aliphatic rings. The number of carbonyl (C=O) groups excluding carboxylic acids is 5. The maximum Gasteiger partial charge on any atom is 0.255 e. The third-order valence-electron chi connectivity index (χ3n) is 5.34. The highest BCUT2D eigenvalue weighted by atomic mass is 16.5. The molecule has 5 N–H and O–H groups in total. The molecule has 0 radical (unpaired) electrons. The van der Waals surface area contributed by atoms with Crippen LogP contribution in [0.1, 0.15) is 36.0 Å². The molecule has 1 aliphatic heterocycles. The lowest BCUT2D eigenvalue weighted by atomic mass is 10.1. The topological polar surface area (TPSA) is 169 Å². The minimum atomic E-state index is -1.22. The summed E-state index contributed by atoms with van der Waals surface area (Å²) in [6, 6.07) is 4.24. The highest BCUT2D eigenvalue weighted by molar-refractivity contribution is 6.01. The molecule has 2 rings (SSSR count). The van der Waals surface area contributed by atoms with Gasteiger partial charge >= 0.3 is 0 Å². The fourth-order valence-electron chi connectivity index (χ4n) is 3.43. The molecule has 5 amide bonds. The number of primary amides is 1. The molecule has 35 heavy (non-hydrogen) atoms. The molecule has 0 saturated heterocycles. The zero-order valence-electron chi connectivity index (χ0n) is 20.0. The number of nitrogens with one attached hydrogen (secondary N) is 3. The van der Waals surface area contributed by atoms with Gasteiger partial charge in [0.2, 0.25) is 23.6 Å². The van der Waals surface area contributed by atoms with Crippen molar-refractivity contribution in [3.63, 3.8) is 0 Å². The van der Waals surface area contributed by atoms with Crippen molar-refractivity contribution in [3.8, 4) is 5.75 Å². The summed E-state index contributed by atoms with van der Waals surface area (Å²) in [5, 5.41) is 7.83. The van der Waals surface area contributed by atoms with E-state index in [4.69, 9.17) is 15.2 Å². The summed E-state index contributed by atoms with van der Waals surface area (Å²) in [6.45, 7) is 0.960. The summed E-state index contributed by atoms with van der Waals surface area (Å²) in [7, 11) is 3.08. The normalized spacial score (nSPS) is 19.5. The van der Waals surface area contributed by atoms with Crippen molar-refractivity contribution < 1.29 is 33.4 Å². The average Bonchev–Trinajstić information content (AvgIpc) is 2.82. The Labute approximate surface area is 203 Å². The van der Waals surface area contributed by atoms with Crippen LogP contribution >= 0.6 is 0 Å². The lowest BCUT2D eigenvalue weighted by Crippen LogP contribution is -2.53. The maximum atomic E-state index is 13.0. The van der Waals surface area contributed by atoms with Gasteiger partial charge < -0.3 is 36.1 Å². The molecule has 12 heteroatoms. The second-order valence-electron chi connectivity index (χ2n) is 8.10. The van der Waals surface area contributed by atoms with E-state index in [0.29, 0.717) is 13.0 Å². The van der Waals surface area contributed by atoms with Gasteiger partial charge in [-0.1, -0.05) is 12.1 Å². The highest BCUT2D eigenvalue weighted by Crippen LogP contribution is 2.18. The van der Waals surface area contributed by atoms with Crippen LogP contribution in [-0.2, 0) is 23.9 Å². The van der Waals surface area contributed by atoms with Gasteiger partial charge in [-0.2, -0.15) is 0 Å². The summed E-state index contributed by atoms with van der Waals surface area (Å²) in [5.41, 5.74) is 5.41. The number of nitrogens with zero attached hydrogens (tertiary/aromatic N) is 1. The standard InChI is InChI=1S/C23H33N5O7/c1-28-11-13-35-18-7-4-3-6-15(18)21(31)27-17(22(32)25-10-5-12-34-2)14-20(30)26-16(23(28)33)8-9-19(24)29/h3-4,6-7,16-17H,5,8-14H2,1-2H3,(H2,24,29)(H,25,32)(H,26,30)(H,27,31)/t16-,17-/m0/s1. The molecule has 1 aromatic carbocycles. The maximum absolute atomic E-state index is 13.0. The third kappa shape index (κ3) is 8.89. The first-order valence-corrected chi connectivity index (χ1v) is 11.3. The molecule has 0 aromatic heterocycles. The Hall–Kier alpha value is -3.67. The second-order valence-corrected chi connectivity index (χ2v) is 8.10. The molecule has 0 aliphatic carbocycles. The van der Waals surface area contributed by atoms with Crippen molar-refractivity contribution in [3.05, 3.63) is 29.8 Å². The van der Waals surface area contributed by atoms with Gasteiger partial charge in [-0.15, -0.1) is 0 Å². The number of rotatable bonds is 8. The SMILES string of the molecule is COCCCNC(=O)[C@@H]1CC(=O)N[C@@H](CCC(N)=O)C(=O)N(C)CCOc2ccccc2C(=O)N1. The Morgan fingerprint density at radius 2 is 1.97 bits per heavy atom. The van der Waals surface area contributed by atoms with Crippen LogP contribution < -0.4 is 26.4 Å². The average molecular weight is 492 g/mol. The van der Waals surface area contributed by atoms with E-state index in [-0.39, 0.29) is 43.9 Å².